The number of hydrogen-bond acceptors (Lipinski definition) is 4. The maximum absolute atomic E-state index is 10.7. The van der Waals surface area contributed by atoms with Crippen molar-refractivity contribution in [3.63, 3.8) is 0 Å². The number of rotatable bonds is 8. The fourth-order valence-electron chi connectivity index (χ4n) is 1.07. The fourth-order valence-corrected chi connectivity index (χ4v) is 1.07. The summed E-state index contributed by atoms with van der Waals surface area (Å²) in [5.41, 5.74) is 0. The van der Waals surface area contributed by atoms with Gasteiger partial charge in [-0.05, 0) is 5.92 Å². The summed E-state index contributed by atoms with van der Waals surface area (Å²) < 4.78 is 9.72. The second-order valence-corrected chi connectivity index (χ2v) is 3.31. The minimum absolute atomic E-state index is 0.176. The summed E-state index contributed by atoms with van der Waals surface area (Å²) in [7, 11) is 3.11. The van der Waals surface area contributed by atoms with Crippen molar-refractivity contribution in [2.24, 2.45) is 5.92 Å². The van der Waals surface area contributed by atoms with Crippen LogP contribution < -0.4 is 5.32 Å². The number of ether oxygens (including phenoxy) is 2. The van der Waals surface area contributed by atoms with Crippen molar-refractivity contribution in [1.29, 1.82) is 0 Å². The molecule has 84 valence electrons. The van der Waals surface area contributed by atoms with Gasteiger partial charge in [0.15, 0.2) is 0 Å². The van der Waals surface area contributed by atoms with Crippen LogP contribution in [0.25, 0.3) is 0 Å². The molecule has 0 aliphatic carbocycles. The highest BCUT2D eigenvalue weighted by Crippen LogP contribution is 1.94. The molecule has 5 nitrogen and oxygen atoms in total. The van der Waals surface area contributed by atoms with Crippen molar-refractivity contribution in [3.8, 4) is 0 Å². The standard InChI is InChI=1S/C9H19NO4/c1-7(5-13-2)4-10-8(6-14-3)9(11)12/h7-8,10H,4-6H2,1-3H3,(H,11,12). The van der Waals surface area contributed by atoms with Crippen LogP contribution in [-0.2, 0) is 14.3 Å². The molecule has 0 spiro atoms. The van der Waals surface area contributed by atoms with Gasteiger partial charge in [-0.2, -0.15) is 0 Å². The Morgan fingerprint density at radius 2 is 1.93 bits per heavy atom. The number of carboxylic acids is 1. The van der Waals surface area contributed by atoms with E-state index < -0.39 is 12.0 Å². The van der Waals surface area contributed by atoms with Crippen molar-refractivity contribution >= 4 is 5.97 Å². The zero-order valence-corrected chi connectivity index (χ0v) is 8.95. The molecule has 0 fully saturated rings. The number of carboxylic acid groups (broad SMARTS) is 1. The van der Waals surface area contributed by atoms with Crippen LogP contribution in [0, 0.1) is 5.92 Å². The third-order valence-corrected chi connectivity index (χ3v) is 1.80. The van der Waals surface area contributed by atoms with Crippen LogP contribution in [0.15, 0.2) is 0 Å². The van der Waals surface area contributed by atoms with E-state index in [0.717, 1.165) is 0 Å². The van der Waals surface area contributed by atoms with Crippen molar-refractivity contribution in [3.05, 3.63) is 0 Å². The molecule has 0 amide bonds. The van der Waals surface area contributed by atoms with Crippen LogP contribution in [0.5, 0.6) is 0 Å². The van der Waals surface area contributed by atoms with E-state index in [1.807, 2.05) is 6.92 Å². The number of methoxy groups -OCH3 is 2. The molecule has 0 aromatic rings. The Morgan fingerprint density at radius 1 is 1.36 bits per heavy atom. The maximum Gasteiger partial charge on any atom is 0.323 e. The predicted octanol–water partition coefficient (Wildman–Crippen LogP) is -0.0419. The number of aliphatic carboxylic acids is 1. The molecule has 2 atom stereocenters. The Labute approximate surface area is 84.4 Å². The lowest BCUT2D eigenvalue weighted by molar-refractivity contribution is -0.140. The Bertz CT molecular complexity index is 163. The van der Waals surface area contributed by atoms with E-state index in [-0.39, 0.29) is 6.61 Å². The molecule has 0 heterocycles. The quantitative estimate of drug-likeness (QED) is 0.582. The fraction of sp³-hybridized carbons (Fsp3) is 0.889. The smallest absolute Gasteiger partial charge is 0.323 e. The van der Waals surface area contributed by atoms with E-state index in [0.29, 0.717) is 19.1 Å². The second kappa shape index (κ2) is 7.73. The lowest BCUT2D eigenvalue weighted by atomic mass is 10.2. The van der Waals surface area contributed by atoms with Gasteiger partial charge in [-0.25, -0.2) is 0 Å². The van der Waals surface area contributed by atoms with Gasteiger partial charge in [0.2, 0.25) is 0 Å². The lowest BCUT2D eigenvalue weighted by Gasteiger charge is -2.16. The molecule has 0 bridgehead atoms. The summed E-state index contributed by atoms with van der Waals surface area (Å²) in [5, 5.41) is 11.7. The van der Waals surface area contributed by atoms with Gasteiger partial charge in [-0.15, -0.1) is 0 Å². The molecule has 0 aromatic heterocycles. The van der Waals surface area contributed by atoms with E-state index in [4.69, 9.17) is 14.6 Å². The first-order valence-electron chi connectivity index (χ1n) is 4.55. The Morgan fingerprint density at radius 3 is 2.36 bits per heavy atom. The molecule has 0 saturated heterocycles. The van der Waals surface area contributed by atoms with Gasteiger partial charge >= 0.3 is 5.97 Å². The average Bonchev–Trinajstić information content (AvgIpc) is 2.12. The van der Waals surface area contributed by atoms with E-state index in [9.17, 15) is 4.79 Å². The van der Waals surface area contributed by atoms with Gasteiger partial charge in [0.05, 0.1) is 6.61 Å². The van der Waals surface area contributed by atoms with Crippen LogP contribution in [0.3, 0.4) is 0 Å². The highest BCUT2D eigenvalue weighted by Gasteiger charge is 2.16. The maximum atomic E-state index is 10.7. The third-order valence-electron chi connectivity index (χ3n) is 1.80. The largest absolute Gasteiger partial charge is 0.480 e. The first-order valence-corrected chi connectivity index (χ1v) is 4.55. The van der Waals surface area contributed by atoms with Crippen molar-refractivity contribution in [2.75, 3.05) is 34.0 Å². The van der Waals surface area contributed by atoms with Gasteiger partial charge in [0.1, 0.15) is 6.04 Å². The molecule has 14 heavy (non-hydrogen) atoms. The SMILES string of the molecule is COCC(C)CNC(COC)C(=O)O. The van der Waals surface area contributed by atoms with Crippen LogP contribution in [0.1, 0.15) is 6.92 Å². The van der Waals surface area contributed by atoms with Gasteiger partial charge in [0, 0.05) is 27.4 Å². The van der Waals surface area contributed by atoms with Crippen LogP contribution >= 0.6 is 0 Å². The van der Waals surface area contributed by atoms with Crippen molar-refractivity contribution < 1.29 is 19.4 Å². The lowest BCUT2D eigenvalue weighted by Crippen LogP contribution is -2.42. The topological polar surface area (TPSA) is 67.8 Å². The predicted molar refractivity (Wildman–Crippen MR) is 52.3 cm³/mol. The molecule has 5 heteroatoms. The zero-order valence-electron chi connectivity index (χ0n) is 8.95. The summed E-state index contributed by atoms with van der Waals surface area (Å²) in [5.74, 6) is -0.602. The summed E-state index contributed by atoms with van der Waals surface area (Å²) in [4.78, 5) is 10.7. The van der Waals surface area contributed by atoms with Crippen molar-refractivity contribution in [1.82, 2.24) is 5.32 Å². The van der Waals surface area contributed by atoms with E-state index in [2.05, 4.69) is 5.32 Å². The van der Waals surface area contributed by atoms with E-state index >= 15 is 0 Å². The molecule has 0 aliphatic heterocycles. The molecule has 2 N–H and O–H groups in total. The Kier molecular flexibility index (Phi) is 7.37. The van der Waals surface area contributed by atoms with Crippen LogP contribution in [0.2, 0.25) is 0 Å². The Balaban J connectivity index is 3.75. The highest BCUT2D eigenvalue weighted by molar-refractivity contribution is 5.73. The summed E-state index contributed by atoms with van der Waals surface area (Å²) >= 11 is 0. The minimum Gasteiger partial charge on any atom is -0.480 e. The highest BCUT2D eigenvalue weighted by atomic mass is 16.5. The average molecular weight is 205 g/mol. The van der Waals surface area contributed by atoms with E-state index in [1.165, 1.54) is 7.11 Å². The molecule has 2 unspecified atom stereocenters. The molecular weight excluding hydrogens is 186 g/mol. The first-order chi connectivity index (χ1) is 6.61. The van der Waals surface area contributed by atoms with Gasteiger partial charge in [0.25, 0.3) is 0 Å². The first kappa shape index (κ1) is 13.4. The summed E-state index contributed by atoms with van der Waals surface area (Å²) in [6.07, 6.45) is 0. The number of carbonyl (C=O) groups is 1. The van der Waals surface area contributed by atoms with E-state index in [1.54, 1.807) is 7.11 Å². The number of nitrogens with one attached hydrogen (secondary N) is 1. The normalized spacial score (nSPS) is 15.1. The zero-order chi connectivity index (χ0) is 11.0. The second-order valence-electron chi connectivity index (χ2n) is 3.31. The van der Waals surface area contributed by atoms with Crippen molar-refractivity contribution in [2.45, 2.75) is 13.0 Å². The molecule has 0 aromatic carbocycles. The van der Waals surface area contributed by atoms with Crippen LogP contribution in [0.4, 0.5) is 0 Å². The monoisotopic (exact) mass is 205 g/mol. The molecule has 0 radical (unpaired) electrons. The van der Waals surface area contributed by atoms with Gasteiger partial charge < -0.3 is 19.9 Å². The van der Waals surface area contributed by atoms with Gasteiger partial charge in [-0.1, -0.05) is 6.92 Å². The summed E-state index contributed by atoms with van der Waals surface area (Å²) in [6, 6.07) is -0.640. The summed E-state index contributed by atoms with van der Waals surface area (Å²) in [6.45, 7) is 3.39. The number of hydrogen-bond donors (Lipinski definition) is 2. The minimum atomic E-state index is -0.892. The van der Waals surface area contributed by atoms with Gasteiger partial charge in [-0.3, -0.25) is 4.79 Å². The third kappa shape index (κ3) is 5.90. The van der Waals surface area contributed by atoms with Crippen LogP contribution in [-0.4, -0.2) is 51.1 Å². The molecule has 0 aliphatic rings. The Hall–Kier alpha value is -0.650. The molecule has 0 rings (SSSR count). The molecule has 0 saturated carbocycles. The molecular formula is C9H19NO4.